The summed E-state index contributed by atoms with van der Waals surface area (Å²) in [5, 5.41) is 0. The van der Waals surface area contributed by atoms with Crippen LogP contribution >= 0.6 is 0 Å². The van der Waals surface area contributed by atoms with E-state index < -0.39 is 11.6 Å². The molecule has 0 saturated heterocycles. The average Bonchev–Trinajstić information content (AvgIpc) is 2.43. The van der Waals surface area contributed by atoms with Crippen LogP contribution in [-0.2, 0) is 0 Å². The average molecular weight is 265 g/mol. The minimum Gasteiger partial charge on any atom is -0.204 e. The van der Waals surface area contributed by atoms with Gasteiger partial charge in [-0.3, -0.25) is 0 Å². The van der Waals surface area contributed by atoms with Crippen molar-refractivity contribution in [2.24, 2.45) is 5.92 Å². The first kappa shape index (κ1) is 14.5. The lowest BCUT2D eigenvalue weighted by molar-refractivity contribution is 0.354. The first-order valence-electron chi connectivity index (χ1n) is 7.49. The van der Waals surface area contributed by atoms with Crippen molar-refractivity contribution in [3.63, 3.8) is 0 Å². The highest BCUT2D eigenvalue weighted by Crippen LogP contribution is 2.37. The second-order valence-electron chi connectivity index (χ2n) is 5.69. The highest BCUT2D eigenvalue weighted by molar-refractivity contribution is 5.24. The molecule has 0 aliphatic heterocycles. The third-order valence-electron chi connectivity index (χ3n) is 4.23. The minimum absolute atomic E-state index is 0.303. The number of benzene rings is 1. The number of hydrogen-bond donors (Lipinski definition) is 0. The largest absolute Gasteiger partial charge is 0.204 e. The van der Waals surface area contributed by atoms with Gasteiger partial charge in [-0.25, -0.2) is 8.78 Å². The summed E-state index contributed by atoms with van der Waals surface area (Å²) >= 11 is 0. The molecule has 1 aromatic carbocycles. The lowest BCUT2D eigenvalue weighted by Gasteiger charge is -2.28. The van der Waals surface area contributed by atoms with Gasteiger partial charge in [-0.05, 0) is 55.2 Å². The van der Waals surface area contributed by atoms with Crippen LogP contribution in [0.15, 0.2) is 18.2 Å². The van der Waals surface area contributed by atoms with Crippen molar-refractivity contribution in [2.75, 3.05) is 0 Å². The van der Waals surface area contributed by atoms with Crippen molar-refractivity contribution in [2.45, 2.75) is 57.8 Å². The Labute approximate surface area is 115 Å². The maximum absolute atomic E-state index is 13.2. The standard InChI is InChI=1S/C17H23F2/c1-2-3-4-5-13-6-8-14(9-7-13)15-10-11-16(18)17(19)12-15/h8,10-14H,2-7,9H2,1H3. The van der Waals surface area contributed by atoms with Crippen LogP contribution in [0.4, 0.5) is 8.78 Å². The molecule has 2 heteroatoms. The van der Waals surface area contributed by atoms with E-state index in [1.807, 2.05) is 0 Å². The van der Waals surface area contributed by atoms with Gasteiger partial charge in [0.15, 0.2) is 11.6 Å². The topological polar surface area (TPSA) is 0 Å². The zero-order valence-corrected chi connectivity index (χ0v) is 11.7. The minimum atomic E-state index is -0.753. The first-order chi connectivity index (χ1) is 9.20. The molecule has 1 aliphatic carbocycles. The normalized spacial score (nSPS) is 23.5. The van der Waals surface area contributed by atoms with Gasteiger partial charge in [0.05, 0.1) is 0 Å². The van der Waals surface area contributed by atoms with E-state index in [1.165, 1.54) is 44.2 Å². The van der Waals surface area contributed by atoms with Crippen LogP contribution in [0, 0.1) is 24.0 Å². The molecular weight excluding hydrogens is 242 g/mol. The molecule has 2 unspecified atom stereocenters. The molecule has 0 aromatic heterocycles. The Balaban J connectivity index is 1.84. The third-order valence-corrected chi connectivity index (χ3v) is 4.23. The summed E-state index contributed by atoms with van der Waals surface area (Å²) in [6.45, 7) is 2.23. The summed E-state index contributed by atoms with van der Waals surface area (Å²) in [6, 6.07) is 4.32. The highest BCUT2D eigenvalue weighted by atomic mass is 19.2. The van der Waals surface area contributed by atoms with Gasteiger partial charge in [-0.1, -0.05) is 38.7 Å². The molecule has 1 radical (unpaired) electrons. The Bertz CT molecular complexity index is 392. The highest BCUT2D eigenvalue weighted by Gasteiger charge is 2.22. The SMILES string of the molecule is CCCCCC1C[CH]C(c2ccc(F)c(F)c2)CC1. The number of unbranched alkanes of at least 4 members (excludes halogenated alkanes) is 2. The Hall–Kier alpha value is -0.920. The van der Waals surface area contributed by atoms with Crippen molar-refractivity contribution in [1.29, 1.82) is 0 Å². The van der Waals surface area contributed by atoms with Gasteiger partial charge >= 0.3 is 0 Å². The summed E-state index contributed by atoms with van der Waals surface area (Å²) in [6.07, 6.45) is 10.9. The van der Waals surface area contributed by atoms with Crippen LogP contribution in [0.2, 0.25) is 0 Å². The number of halogens is 2. The van der Waals surface area contributed by atoms with Crippen molar-refractivity contribution in [1.82, 2.24) is 0 Å². The molecule has 1 aliphatic rings. The summed E-state index contributed by atoms with van der Waals surface area (Å²) in [7, 11) is 0. The van der Waals surface area contributed by atoms with Crippen molar-refractivity contribution in [3.8, 4) is 0 Å². The van der Waals surface area contributed by atoms with E-state index in [0.29, 0.717) is 5.92 Å². The van der Waals surface area contributed by atoms with Gasteiger partial charge < -0.3 is 0 Å². The van der Waals surface area contributed by atoms with Gasteiger partial charge in [0.2, 0.25) is 0 Å². The summed E-state index contributed by atoms with van der Waals surface area (Å²) in [5.41, 5.74) is 0.922. The molecule has 1 aromatic rings. The Kier molecular flexibility index (Phi) is 5.35. The zero-order chi connectivity index (χ0) is 13.7. The second kappa shape index (κ2) is 7.02. The van der Waals surface area contributed by atoms with Crippen molar-refractivity contribution < 1.29 is 8.78 Å². The quantitative estimate of drug-likeness (QED) is 0.605. The molecule has 1 fully saturated rings. The van der Waals surface area contributed by atoms with Crippen molar-refractivity contribution >= 4 is 0 Å². The Morgan fingerprint density at radius 3 is 2.58 bits per heavy atom. The number of hydrogen-bond acceptors (Lipinski definition) is 0. The maximum atomic E-state index is 13.2. The number of rotatable bonds is 5. The first-order valence-corrected chi connectivity index (χ1v) is 7.49. The molecule has 1 saturated carbocycles. The van der Waals surface area contributed by atoms with E-state index in [-0.39, 0.29) is 0 Å². The van der Waals surface area contributed by atoms with E-state index in [9.17, 15) is 8.78 Å². The van der Waals surface area contributed by atoms with Crippen LogP contribution in [-0.4, -0.2) is 0 Å². The van der Waals surface area contributed by atoms with Crippen LogP contribution in [0.1, 0.15) is 63.4 Å². The molecule has 0 heterocycles. The molecule has 0 bridgehead atoms. The van der Waals surface area contributed by atoms with E-state index in [2.05, 4.69) is 13.3 Å². The molecule has 0 amide bonds. The Morgan fingerprint density at radius 2 is 1.95 bits per heavy atom. The monoisotopic (exact) mass is 265 g/mol. The second-order valence-corrected chi connectivity index (χ2v) is 5.69. The molecule has 2 rings (SSSR count). The summed E-state index contributed by atoms with van der Waals surface area (Å²) in [5.74, 6) is -0.376. The fourth-order valence-corrected chi connectivity index (χ4v) is 3.00. The summed E-state index contributed by atoms with van der Waals surface area (Å²) in [4.78, 5) is 0. The molecule has 2 atom stereocenters. The lowest BCUT2D eigenvalue weighted by Crippen LogP contribution is -2.14. The fraction of sp³-hybridized carbons (Fsp3) is 0.588. The lowest BCUT2D eigenvalue weighted by atomic mass is 9.77. The van der Waals surface area contributed by atoms with E-state index in [4.69, 9.17) is 0 Å². The molecular formula is C17H23F2. The van der Waals surface area contributed by atoms with Gasteiger partial charge in [-0.15, -0.1) is 0 Å². The van der Waals surface area contributed by atoms with E-state index in [0.717, 1.165) is 24.3 Å². The van der Waals surface area contributed by atoms with Crippen molar-refractivity contribution in [3.05, 3.63) is 41.8 Å². The smallest absolute Gasteiger partial charge is 0.159 e. The van der Waals surface area contributed by atoms with E-state index >= 15 is 0 Å². The molecule has 0 nitrogen and oxygen atoms in total. The maximum Gasteiger partial charge on any atom is 0.159 e. The zero-order valence-electron chi connectivity index (χ0n) is 11.7. The summed E-state index contributed by atoms with van der Waals surface area (Å²) < 4.78 is 26.1. The van der Waals surface area contributed by atoms with Crippen LogP contribution in [0.25, 0.3) is 0 Å². The Morgan fingerprint density at radius 1 is 1.11 bits per heavy atom. The molecule has 0 N–H and O–H groups in total. The van der Waals surface area contributed by atoms with Gasteiger partial charge in [0, 0.05) is 0 Å². The predicted molar refractivity (Wildman–Crippen MR) is 74.9 cm³/mol. The van der Waals surface area contributed by atoms with Gasteiger partial charge in [-0.2, -0.15) is 0 Å². The fourth-order valence-electron chi connectivity index (χ4n) is 3.00. The van der Waals surface area contributed by atoms with Gasteiger partial charge in [0.25, 0.3) is 0 Å². The van der Waals surface area contributed by atoms with Crippen LogP contribution in [0.5, 0.6) is 0 Å². The van der Waals surface area contributed by atoms with E-state index in [1.54, 1.807) is 6.07 Å². The molecule has 19 heavy (non-hydrogen) atoms. The molecule has 0 spiro atoms. The third kappa shape index (κ3) is 4.02. The van der Waals surface area contributed by atoms with Crippen LogP contribution in [0.3, 0.4) is 0 Å². The van der Waals surface area contributed by atoms with Crippen LogP contribution < -0.4 is 0 Å². The van der Waals surface area contributed by atoms with Gasteiger partial charge in [0.1, 0.15) is 0 Å². The molecule has 105 valence electrons. The predicted octanol–water partition coefficient (Wildman–Crippen LogP) is 5.63.